The normalized spacial score (nSPS) is 11.4. The van der Waals surface area contributed by atoms with Gasteiger partial charge >= 0.3 is 0 Å². The van der Waals surface area contributed by atoms with Crippen molar-refractivity contribution >= 4 is 17.4 Å². The summed E-state index contributed by atoms with van der Waals surface area (Å²) in [5, 5.41) is 13.6. The summed E-state index contributed by atoms with van der Waals surface area (Å²) < 4.78 is 0. The van der Waals surface area contributed by atoms with Crippen LogP contribution in [0.15, 0.2) is 85.1 Å². The van der Waals surface area contributed by atoms with Crippen LogP contribution in [0.3, 0.4) is 0 Å². The number of hydrogen-bond acceptors (Lipinski definition) is 3. The standard InChI is InChI=1S/C26H28N4O/c1-17-9-10-22(16-24(17)20-7-5-4-6-8-20)19(3)29-18(2)15-25(31)30-23-13-11-21(12-14-23)26(27)28/h4-14,16,19,29H,2,15H2,1,3H3,(H3,27,28)(H,30,31). The van der Waals surface area contributed by atoms with Crippen LogP contribution < -0.4 is 16.4 Å². The number of aryl methyl sites for hydroxylation is 1. The maximum Gasteiger partial charge on any atom is 0.230 e. The Bertz CT molecular complexity index is 1090. The lowest BCUT2D eigenvalue weighted by Crippen LogP contribution is -2.22. The number of hydrogen-bond donors (Lipinski definition) is 4. The maximum atomic E-state index is 12.4. The number of carbonyl (C=O) groups is 1. The molecule has 31 heavy (non-hydrogen) atoms. The predicted octanol–water partition coefficient (Wildman–Crippen LogP) is 5.14. The average molecular weight is 413 g/mol. The van der Waals surface area contributed by atoms with E-state index in [1.807, 2.05) is 18.2 Å². The highest BCUT2D eigenvalue weighted by Crippen LogP contribution is 2.27. The number of benzene rings is 3. The molecule has 3 aromatic carbocycles. The second kappa shape index (κ2) is 9.76. The number of amides is 1. The number of anilines is 1. The monoisotopic (exact) mass is 412 g/mol. The van der Waals surface area contributed by atoms with Crippen LogP contribution in [0.2, 0.25) is 0 Å². The molecule has 0 saturated carbocycles. The van der Waals surface area contributed by atoms with E-state index in [0.717, 1.165) is 5.56 Å². The largest absolute Gasteiger partial charge is 0.384 e. The van der Waals surface area contributed by atoms with E-state index in [1.165, 1.54) is 16.7 Å². The second-order valence-corrected chi connectivity index (χ2v) is 7.63. The molecule has 3 aromatic rings. The van der Waals surface area contributed by atoms with Gasteiger partial charge in [-0.15, -0.1) is 0 Å². The molecule has 5 N–H and O–H groups in total. The van der Waals surface area contributed by atoms with Gasteiger partial charge in [-0.25, -0.2) is 0 Å². The summed E-state index contributed by atoms with van der Waals surface area (Å²) in [6.07, 6.45) is 0.163. The van der Waals surface area contributed by atoms with Crippen molar-refractivity contribution in [3.8, 4) is 11.1 Å². The molecule has 1 amide bonds. The van der Waals surface area contributed by atoms with E-state index in [1.54, 1.807) is 24.3 Å². The molecule has 0 fully saturated rings. The smallest absolute Gasteiger partial charge is 0.230 e. The average Bonchev–Trinajstić information content (AvgIpc) is 2.74. The molecule has 1 unspecified atom stereocenters. The summed E-state index contributed by atoms with van der Waals surface area (Å²) in [6.45, 7) is 8.19. The predicted molar refractivity (Wildman–Crippen MR) is 128 cm³/mol. The first kappa shape index (κ1) is 21.8. The number of amidine groups is 1. The molecule has 3 rings (SSSR count). The van der Waals surface area contributed by atoms with Gasteiger partial charge in [-0.2, -0.15) is 0 Å². The summed E-state index contributed by atoms with van der Waals surface area (Å²) >= 11 is 0. The van der Waals surface area contributed by atoms with E-state index >= 15 is 0 Å². The van der Waals surface area contributed by atoms with E-state index in [9.17, 15) is 4.79 Å². The Balaban J connectivity index is 1.60. The van der Waals surface area contributed by atoms with Crippen molar-refractivity contribution in [3.63, 3.8) is 0 Å². The number of rotatable bonds is 8. The molecule has 0 aliphatic rings. The SMILES string of the molecule is C=C(CC(=O)Nc1ccc(C(=N)N)cc1)NC(C)c1ccc(C)c(-c2ccccc2)c1. The van der Waals surface area contributed by atoms with Crippen LogP contribution in [0.25, 0.3) is 11.1 Å². The van der Waals surface area contributed by atoms with Gasteiger partial charge in [0.1, 0.15) is 5.84 Å². The van der Waals surface area contributed by atoms with Crippen LogP contribution in [0.4, 0.5) is 5.69 Å². The lowest BCUT2D eigenvalue weighted by atomic mass is 9.96. The molecule has 5 nitrogen and oxygen atoms in total. The van der Waals surface area contributed by atoms with Crippen molar-refractivity contribution in [2.24, 2.45) is 5.73 Å². The van der Waals surface area contributed by atoms with Crippen LogP contribution in [0, 0.1) is 12.3 Å². The Morgan fingerprint density at radius 3 is 2.39 bits per heavy atom. The van der Waals surface area contributed by atoms with Crippen molar-refractivity contribution in [1.82, 2.24) is 5.32 Å². The zero-order valence-corrected chi connectivity index (χ0v) is 17.9. The highest BCUT2D eigenvalue weighted by atomic mass is 16.1. The number of carbonyl (C=O) groups excluding carboxylic acids is 1. The van der Waals surface area contributed by atoms with Gasteiger partial charge < -0.3 is 16.4 Å². The fourth-order valence-corrected chi connectivity index (χ4v) is 3.41. The molecular weight excluding hydrogens is 384 g/mol. The van der Waals surface area contributed by atoms with Crippen molar-refractivity contribution in [2.75, 3.05) is 5.32 Å². The minimum absolute atomic E-state index is 0.00373. The fraction of sp³-hybridized carbons (Fsp3) is 0.154. The summed E-state index contributed by atoms with van der Waals surface area (Å²) in [7, 11) is 0. The lowest BCUT2D eigenvalue weighted by molar-refractivity contribution is -0.115. The highest BCUT2D eigenvalue weighted by Gasteiger charge is 2.12. The van der Waals surface area contributed by atoms with Crippen molar-refractivity contribution in [2.45, 2.75) is 26.3 Å². The van der Waals surface area contributed by atoms with Gasteiger partial charge in [0.25, 0.3) is 0 Å². The van der Waals surface area contributed by atoms with Crippen LogP contribution in [-0.2, 0) is 4.79 Å². The molecule has 0 spiro atoms. The summed E-state index contributed by atoms with van der Waals surface area (Å²) in [4.78, 5) is 12.4. The highest BCUT2D eigenvalue weighted by molar-refractivity contribution is 5.96. The van der Waals surface area contributed by atoms with Gasteiger partial charge in [0.05, 0.1) is 6.42 Å². The lowest BCUT2D eigenvalue weighted by Gasteiger charge is -2.19. The zero-order valence-electron chi connectivity index (χ0n) is 17.9. The first-order valence-electron chi connectivity index (χ1n) is 10.2. The third-order valence-corrected chi connectivity index (χ3v) is 5.12. The Morgan fingerprint density at radius 2 is 1.74 bits per heavy atom. The van der Waals surface area contributed by atoms with Crippen LogP contribution in [-0.4, -0.2) is 11.7 Å². The molecule has 0 saturated heterocycles. The molecule has 0 aliphatic heterocycles. The number of nitrogen functional groups attached to an aromatic ring is 1. The van der Waals surface area contributed by atoms with Crippen molar-refractivity contribution < 1.29 is 4.79 Å². The van der Waals surface area contributed by atoms with Gasteiger partial charge in [-0.05, 0) is 66.4 Å². The molecule has 0 heterocycles. The fourth-order valence-electron chi connectivity index (χ4n) is 3.41. The minimum atomic E-state index is -0.158. The van der Waals surface area contributed by atoms with Crippen LogP contribution >= 0.6 is 0 Å². The van der Waals surface area contributed by atoms with Crippen molar-refractivity contribution in [1.29, 1.82) is 5.41 Å². The van der Waals surface area contributed by atoms with Crippen molar-refractivity contribution in [3.05, 3.63) is 102 Å². The minimum Gasteiger partial charge on any atom is -0.384 e. The molecule has 0 aliphatic carbocycles. The zero-order chi connectivity index (χ0) is 22.4. The first-order chi connectivity index (χ1) is 14.8. The molecule has 0 radical (unpaired) electrons. The third-order valence-electron chi connectivity index (χ3n) is 5.12. The van der Waals surface area contributed by atoms with Gasteiger partial charge in [-0.1, -0.05) is 49.0 Å². The van der Waals surface area contributed by atoms with Gasteiger partial charge in [0, 0.05) is 23.0 Å². The Morgan fingerprint density at radius 1 is 1.06 bits per heavy atom. The van der Waals surface area contributed by atoms with E-state index in [0.29, 0.717) is 16.9 Å². The van der Waals surface area contributed by atoms with Crippen LogP contribution in [0.5, 0.6) is 0 Å². The Kier molecular flexibility index (Phi) is 6.88. The van der Waals surface area contributed by atoms with E-state index in [4.69, 9.17) is 11.1 Å². The molecule has 0 aromatic heterocycles. The summed E-state index contributed by atoms with van der Waals surface area (Å²) in [6, 6.07) is 23.6. The molecule has 0 bridgehead atoms. The molecule has 5 heteroatoms. The quantitative estimate of drug-likeness (QED) is 0.305. The molecule has 158 valence electrons. The number of nitrogens with one attached hydrogen (secondary N) is 3. The number of nitrogens with two attached hydrogens (primary N) is 1. The third kappa shape index (κ3) is 5.82. The Hall–Kier alpha value is -3.86. The van der Waals surface area contributed by atoms with Gasteiger partial charge in [-0.3, -0.25) is 10.2 Å². The molecule has 1 atom stereocenters. The first-order valence-corrected chi connectivity index (χ1v) is 10.2. The molecular formula is C26H28N4O. The topological polar surface area (TPSA) is 91.0 Å². The van der Waals surface area contributed by atoms with Gasteiger partial charge in [0.2, 0.25) is 5.91 Å². The van der Waals surface area contributed by atoms with Gasteiger partial charge in [0.15, 0.2) is 0 Å². The van der Waals surface area contributed by atoms with E-state index in [-0.39, 0.29) is 24.2 Å². The summed E-state index contributed by atoms with van der Waals surface area (Å²) in [5.74, 6) is -0.162. The maximum absolute atomic E-state index is 12.4. The van der Waals surface area contributed by atoms with E-state index < -0.39 is 0 Å². The second-order valence-electron chi connectivity index (χ2n) is 7.63. The summed E-state index contributed by atoms with van der Waals surface area (Å²) in [5.41, 5.74) is 12.1. The Labute approximate surface area is 183 Å². The van der Waals surface area contributed by atoms with Crippen LogP contribution in [0.1, 0.15) is 36.1 Å². The van der Waals surface area contributed by atoms with E-state index in [2.05, 4.69) is 61.4 Å².